The molecule has 1 nitrogen and oxygen atoms in total. The lowest BCUT2D eigenvalue weighted by Gasteiger charge is -2.42. The van der Waals surface area contributed by atoms with E-state index in [9.17, 15) is 4.79 Å². The summed E-state index contributed by atoms with van der Waals surface area (Å²) in [5, 5.41) is 0. The van der Waals surface area contributed by atoms with Crippen molar-refractivity contribution in [3.05, 3.63) is 11.1 Å². The van der Waals surface area contributed by atoms with Crippen LogP contribution in [-0.2, 0) is 4.79 Å². The SMILES string of the molecule is CC1C2=C(CCCC2)C2CCCC1C2=O. The summed E-state index contributed by atoms with van der Waals surface area (Å²) in [5.74, 6) is 1.91. The van der Waals surface area contributed by atoms with Crippen LogP contribution in [0.15, 0.2) is 11.1 Å². The van der Waals surface area contributed by atoms with Crippen LogP contribution in [0.2, 0.25) is 0 Å². The van der Waals surface area contributed by atoms with Gasteiger partial charge in [-0.2, -0.15) is 0 Å². The number of hydrogen-bond donors (Lipinski definition) is 0. The number of carbonyl (C=O) groups excluding carboxylic acids is 1. The standard InChI is InChI=1S/C14H20O/c1-9-10-5-2-3-6-12(10)13-8-4-7-11(9)14(13)15/h9,11,13H,2-8H2,1H3. The molecule has 0 aromatic rings. The van der Waals surface area contributed by atoms with Gasteiger partial charge in [0.2, 0.25) is 0 Å². The monoisotopic (exact) mass is 204 g/mol. The second-order valence-corrected chi connectivity index (χ2v) is 5.54. The Morgan fingerprint density at radius 3 is 2.53 bits per heavy atom. The van der Waals surface area contributed by atoms with E-state index in [4.69, 9.17) is 0 Å². The fourth-order valence-electron chi connectivity index (χ4n) is 4.04. The third-order valence-electron chi connectivity index (χ3n) is 4.85. The maximum Gasteiger partial charge on any atom is 0.143 e. The Morgan fingerprint density at radius 1 is 1.00 bits per heavy atom. The summed E-state index contributed by atoms with van der Waals surface area (Å²) < 4.78 is 0. The highest BCUT2D eigenvalue weighted by molar-refractivity contribution is 5.89. The molecule has 3 aliphatic carbocycles. The average molecular weight is 204 g/mol. The summed E-state index contributed by atoms with van der Waals surface area (Å²) in [5.41, 5.74) is 3.27. The normalized spacial score (nSPS) is 40.3. The van der Waals surface area contributed by atoms with E-state index in [1.54, 1.807) is 11.1 Å². The summed E-state index contributed by atoms with van der Waals surface area (Å²) in [4.78, 5) is 12.2. The van der Waals surface area contributed by atoms with Crippen molar-refractivity contribution in [2.75, 3.05) is 0 Å². The summed E-state index contributed by atoms with van der Waals surface area (Å²) in [6.45, 7) is 2.30. The largest absolute Gasteiger partial charge is 0.299 e. The minimum atomic E-state index is 0.357. The van der Waals surface area contributed by atoms with Gasteiger partial charge in [-0.3, -0.25) is 4.79 Å². The molecule has 1 saturated carbocycles. The second kappa shape index (κ2) is 3.47. The number of hydrogen-bond acceptors (Lipinski definition) is 1. The van der Waals surface area contributed by atoms with Gasteiger partial charge in [-0.25, -0.2) is 0 Å². The number of fused-ring (bicyclic) bond motifs is 3. The maximum atomic E-state index is 12.2. The smallest absolute Gasteiger partial charge is 0.143 e. The fourth-order valence-corrected chi connectivity index (χ4v) is 4.04. The van der Waals surface area contributed by atoms with E-state index in [-0.39, 0.29) is 0 Å². The van der Waals surface area contributed by atoms with Crippen molar-refractivity contribution < 1.29 is 4.79 Å². The Hall–Kier alpha value is -0.590. The van der Waals surface area contributed by atoms with Crippen molar-refractivity contribution in [3.8, 4) is 0 Å². The quantitative estimate of drug-likeness (QED) is 0.552. The Morgan fingerprint density at radius 2 is 1.73 bits per heavy atom. The minimum absolute atomic E-state index is 0.357. The van der Waals surface area contributed by atoms with Crippen LogP contribution in [0, 0.1) is 17.8 Å². The molecule has 82 valence electrons. The second-order valence-electron chi connectivity index (χ2n) is 5.54. The van der Waals surface area contributed by atoms with E-state index in [1.807, 2.05) is 0 Å². The topological polar surface area (TPSA) is 17.1 Å². The van der Waals surface area contributed by atoms with E-state index in [0.717, 1.165) is 12.8 Å². The zero-order valence-electron chi connectivity index (χ0n) is 9.59. The molecule has 0 aliphatic heterocycles. The minimum Gasteiger partial charge on any atom is -0.299 e. The lowest BCUT2D eigenvalue weighted by atomic mass is 9.61. The predicted molar refractivity (Wildman–Crippen MR) is 60.5 cm³/mol. The van der Waals surface area contributed by atoms with Crippen LogP contribution in [0.25, 0.3) is 0 Å². The number of carbonyl (C=O) groups is 1. The van der Waals surface area contributed by atoms with Gasteiger partial charge in [0.1, 0.15) is 5.78 Å². The molecule has 3 rings (SSSR count). The van der Waals surface area contributed by atoms with Crippen molar-refractivity contribution in [2.24, 2.45) is 17.8 Å². The third-order valence-corrected chi connectivity index (χ3v) is 4.85. The first-order valence-corrected chi connectivity index (χ1v) is 6.54. The Bertz CT molecular complexity index is 326. The van der Waals surface area contributed by atoms with Gasteiger partial charge in [-0.1, -0.05) is 24.5 Å². The molecular weight excluding hydrogens is 184 g/mol. The molecule has 0 saturated heterocycles. The molecule has 0 aromatic carbocycles. The fraction of sp³-hybridized carbons (Fsp3) is 0.786. The lowest BCUT2D eigenvalue weighted by molar-refractivity contribution is -0.130. The van der Waals surface area contributed by atoms with Gasteiger partial charge in [-0.05, 0) is 44.4 Å². The van der Waals surface area contributed by atoms with E-state index in [2.05, 4.69) is 6.92 Å². The van der Waals surface area contributed by atoms with Gasteiger partial charge in [0.05, 0.1) is 0 Å². The molecular formula is C14H20O. The number of Topliss-reactive ketones (excluding diaryl/α,β-unsaturated/α-hetero) is 1. The van der Waals surface area contributed by atoms with Crippen LogP contribution in [-0.4, -0.2) is 5.78 Å². The molecule has 2 bridgehead atoms. The summed E-state index contributed by atoms with van der Waals surface area (Å²) in [6.07, 6.45) is 8.78. The highest BCUT2D eigenvalue weighted by Gasteiger charge is 2.43. The molecule has 3 aliphatic rings. The predicted octanol–water partition coefficient (Wildman–Crippen LogP) is 3.49. The molecule has 0 N–H and O–H groups in total. The highest BCUT2D eigenvalue weighted by atomic mass is 16.1. The first-order valence-electron chi connectivity index (χ1n) is 6.54. The maximum absolute atomic E-state index is 12.2. The Labute approximate surface area is 91.9 Å². The van der Waals surface area contributed by atoms with Crippen molar-refractivity contribution in [2.45, 2.75) is 51.9 Å². The van der Waals surface area contributed by atoms with Crippen LogP contribution in [0.5, 0.6) is 0 Å². The van der Waals surface area contributed by atoms with Crippen LogP contribution in [0.3, 0.4) is 0 Å². The number of ketones is 1. The van der Waals surface area contributed by atoms with Gasteiger partial charge in [0.15, 0.2) is 0 Å². The molecule has 1 heteroatoms. The lowest BCUT2D eigenvalue weighted by Crippen LogP contribution is -2.40. The summed E-state index contributed by atoms with van der Waals surface area (Å²) >= 11 is 0. The average Bonchev–Trinajstić information content (AvgIpc) is 2.26. The van der Waals surface area contributed by atoms with Gasteiger partial charge >= 0.3 is 0 Å². The summed E-state index contributed by atoms with van der Waals surface area (Å²) in [7, 11) is 0. The zero-order chi connectivity index (χ0) is 10.4. The van der Waals surface area contributed by atoms with Crippen molar-refractivity contribution >= 4 is 5.78 Å². The highest BCUT2D eigenvalue weighted by Crippen LogP contribution is 2.48. The Balaban J connectivity index is 2.05. The van der Waals surface area contributed by atoms with E-state index in [1.165, 1.54) is 32.1 Å². The molecule has 15 heavy (non-hydrogen) atoms. The molecule has 3 unspecified atom stereocenters. The number of allylic oxidation sites excluding steroid dienone is 2. The van der Waals surface area contributed by atoms with Crippen molar-refractivity contribution in [3.63, 3.8) is 0 Å². The van der Waals surface area contributed by atoms with Crippen LogP contribution < -0.4 is 0 Å². The molecule has 0 spiro atoms. The zero-order valence-corrected chi connectivity index (χ0v) is 9.59. The number of rotatable bonds is 0. The van der Waals surface area contributed by atoms with Gasteiger partial charge in [0, 0.05) is 11.8 Å². The molecule has 0 heterocycles. The van der Waals surface area contributed by atoms with Crippen LogP contribution in [0.1, 0.15) is 51.9 Å². The summed E-state index contributed by atoms with van der Waals surface area (Å²) in [6, 6.07) is 0. The van der Waals surface area contributed by atoms with Gasteiger partial charge < -0.3 is 0 Å². The first kappa shape index (κ1) is 9.62. The Kier molecular flexibility index (Phi) is 2.22. The van der Waals surface area contributed by atoms with Crippen LogP contribution >= 0.6 is 0 Å². The van der Waals surface area contributed by atoms with Crippen molar-refractivity contribution in [1.29, 1.82) is 0 Å². The molecule has 1 fully saturated rings. The molecule has 3 atom stereocenters. The van der Waals surface area contributed by atoms with Crippen molar-refractivity contribution in [1.82, 2.24) is 0 Å². The van der Waals surface area contributed by atoms with Crippen LogP contribution in [0.4, 0.5) is 0 Å². The van der Waals surface area contributed by atoms with Gasteiger partial charge in [-0.15, -0.1) is 0 Å². The molecule has 0 amide bonds. The molecule has 0 aromatic heterocycles. The first-order chi connectivity index (χ1) is 7.29. The third kappa shape index (κ3) is 1.32. The van der Waals surface area contributed by atoms with Gasteiger partial charge in [0.25, 0.3) is 0 Å². The van der Waals surface area contributed by atoms with E-state index < -0.39 is 0 Å². The molecule has 0 radical (unpaired) electrons. The van der Waals surface area contributed by atoms with E-state index in [0.29, 0.717) is 23.5 Å². The van der Waals surface area contributed by atoms with E-state index >= 15 is 0 Å².